The van der Waals surface area contributed by atoms with Gasteiger partial charge in [0.2, 0.25) is 5.88 Å². The van der Waals surface area contributed by atoms with E-state index in [0.29, 0.717) is 31.4 Å². The Balaban J connectivity index is 2.34. The predicted molar refractivity (Wildman–Crippen MR) is 81.9 cm³/mol. The molecule has 7 nitrogen and oxygen atoms in total. The molecule has 2 rings (SSSR count). The maximum atomic E-state index is 9.78. The molecule has 1 aliphatic rings. The van der Waals surface area contributed by atoms with Gasteiger partial charge in [-0.15, -0.1) is 0 Å². The predicted octanol–water partition coefficient (Wildman–Crippen LogP) is 0.449. The molecule has 2 atom stereocenters. The van der Waals surface area contributed by atoms with Gasteiger partial charge >= 0.3 is 0 Å². The van der Waals surface area contributed by atoms with Crippen molar-refractivity contribution in [2.45, 2.75) is 20.5 Å². The van der Waals surface area contributed by atoms with Crippen molar-refractivity contribution in [2.75, 3.05) is 45.4 Å². The van der Waals surface area contributed by atoms with Crippen LogP contribution in [0.15, 0.2) is 6.07 Å². The van der Waals surface area contributed by atoms with E-state index in [0.717, 1.165) is 5.82 Å². The second-order valence-corrected chi connectivity index (χ2v) is 6.41. The molecule has 1 aromatic heterocycles. The summed E-state index contributed by atoms with van der Waals surface area (Å²) in [6, 6.07) is 1.76. The third kappa shape index (κ3) is 2.88. The van der Waals surface area contributed by atoms with Crippen molar-refractivity contribution >= 4 is 5.82 Å². The first-order valence-electron chi connectivity index (χ1n) is 7.29. The quantitative estimate of drug-likeness (QED) is 0.788. The van der Waals surface area contributed by atoms with Crippen LogP contribution >= 0.6 is 0 Å². The van der Waals surface area contributed by atoms with Gasteiger partial charge in [0.05, 0.1) is 20.3 Å². The van der Waals surface area contributed by atoms with Gasteiger partial charge in [0.25, 0.3) is 0 Å². The largest absolute Gasteiger partial charge is 0.481 e. The van der Waals surface area contributed by atoms with Crippen molar-refractivity contribution in [3.05, 3.63) is 11.9 Å². The number of nitrogens with zero attached hydrogens (tertiary/aromatic N) is 3. The standard InChI is InChI=1S/C15H25N3O4/c1-14(9-19)7-18(8-15(14,2)10-20)12-5-13(22-4)17-11(16-12)6-21-3/h5,19-20H,6-10H2,1-4H3/t14-,15+. The maximum absolute atomic E-state index is 9.78. The molecule has 0 aromatic carbocycles. The molecule has 1 aliphatic heterocycles. The van der Waals surface area contributed by atoms with Gasteiger partial charge in [0, 0.05) is 37.1 Å². The lowest BCUT2D eigenvalue weighted by Gasteiger charge is -2.36. The Morgan fingerprint density at radius 1 is 1.14 bits per heavy atom. The van der Waals surface area contributed by atoms with Crippen LogP contribution in [0, 0.1) is 10.8 Å². The van der Waals surface area contributed by atoms with Crippen LogP contribution in [-0.4, -0.2) is 60.7 Å². The minimum absolute atomic E-state index is 0.00765. The summed E-state index contributed by atoms with van der Waals surface area (Å²) >= 11 is 0. The van der Waals surface area contributed by atoms with Crippen molar-refractivity contribution in [1.29, 1.82) is 0 Å². The number of aliphatic hydroxyl groups is 2. The first-order valence-corrected chi connectivity index (χ1v) is 7.29. The van der Waals surface area contributed by atoms with Gasteiger partial charge < -0.3 is 24.6 Å². The van der Waals surface area contributed by atoms with Gasteiger partial charge in [-0.2, -0.15) is 4.98 Å². The lowest BCUT2D eigenvalue weighted by Crippen LogP contribution is -2.41. The minimum Gasteiger partial charge on any atom is -0.481 e. The van der Waals surface area contributed by atoms with Gasteiger partial charge in [0.15, 0.2) is 5.82 Å². The van der Waals surface area contributed by atoms with Crippen molar-refractivity contribution < 1.29 is 19.7 Å². The lowest BCUT2D eigenvalue weighted by molar-refractivity contribution is 0.00976. The number of aliphatic hydroxyl groups excluding tert-OH is 2. The normalized spacial score (nSPS) is 28.2. The number of hydrogen-bond acceptors (Lipinski definition) is 7. The van der Waals surface area contributed by atoms with E-state index < -0.39 is 10.8 Å². The average molecular weight is 311 g/mol. The Kier molecular flexibility index (Phi) is 4.89. The van der Waals surface area contributed by atoms with Crippen molar-refractivity contribution in [2.24, 2.45) is 10.8 Å². The number of ether oxygens (including phenoxy) is 2. The Morgan fingerprint density at radius 2 is 1.73 bits per heavy atom. The second-order valence-electron chi connectivity index (χ2n) is 6.41. The summed E-state index contributed by atoms with van der Waals surface area (Å²) in [5.74, 6) is 1.73. The molecule has 2 N–H and O–H groups in total. The molecule has 1 fully saturated rings. The molecular formula is C15H25N3O4. The topological polar surface area (TPSA) is 87.9 Å². The highest BCUT2D eigenvalue weighted by Crippen LogP contribution is 2.46. The van der Waals surface area contributed by atoms with Gasteiger partial charge in [0.1, 0.15) is 12.4 Å². The van der Waals surface area contributed by atoms with E-state index in [1.807, 2.05) is 13.8 Å². The van der Waals surface area contributed by atoms with Crippen LogP contribution in [-0.2, 0) is 11.3 Å². The van der Waals surface area contributed by atoms with Crippen LogP contribution in [0.4, 0.5) is 5.82 Å². The zero-order valence-corrected chi connectivity index (χ0v) is 13.7. The van der Waals surface area contributed by atoms with Crippen LogP contribution in [0.2, 0.25) is 0 Å². The fourth-order valence-corrected chi connectivity index (χ4v) is 2.84. The minimum atomic E-state index is -0.401. The first-order chi connectivity index (χ1) is 10.4. The summed E-state index contributed by atoms with van der Waals surface area (Å²) in [6.45, 7) is 5.49. The smallest absolute Gasteiger partial charge is 0.218 e. The summed E-state index contributed by atoms with van der Waals surface area (Å²) in [4.78, 5) is 10.8. The maximum Gasteiger partial charge on any atom is 0.218 e. The van der Waals surface area contributed by atoms with Crippen LogP contribution in [0.1, 0.15) is 19.7 Å². The van der Waals surface area contributed by atoms with E-state index in [2.05, 4.69) is 14.9 Å². The van der Waals surface area contributed by atoms with E-state index in [-0.39, 0.29) is 13.2 Å². The van der Waals surface area contributed by atoms with Crippen molar-refractivity contribution in [1.82, 2.24) is 9.97 Å². The Hall–Kier alpha value is -1.44. The fraction of sp³-hybridized carbons (Fsp3) is 0.733. The molecule has 0 spiro atoms. The summed E-state index contributed by atoms with van der Waals surface area (Å²) in [5, 5.41) is 19.6. The number of rotatable bonds is 6. The molecule has 0 saturated carbocycles. The summed E-state index contributed by atoms with van der Waals surface area (Å²) in [5.41, 5.74) is -0.803. The Bertz CT molecular complexity index is 510. The van der Waals surface area contributed by atoms with Crippen molar-refractivity contribution in [3.8, 4) is 5.88 Å². The molecular weight excluding hydrogens is 286 g/mol. The molecule has 0 bridgehead atoms. The van der Waals surface area contributed by atoms with Crippen LogP contribution < -0.4 is 9.64 Å². The van der Waals surface area contributed by atoms with E-state index >= 15 is 0 Å². The van der Waals surface area contributed by atoms with Gasteiger partial charge in [-0.3, -0.25) is 0 Å². The molecule has 7 heteroatoms. The zero-order chi connectivity index (χ0) is 16.4. The molecule has 1 aromatic rings. The first kappa shape index (κ1) is 16.9. The van der Waals surface area contributed by atoms with Gasteiger partial charge in [-0.1, -0.05) is 13.8 Å². The molecule has 22 heavy (non-hydrogen) atoms. The average Bonchev–Trinajstić information content (AvgIpc) is 2.80. The van der Waals surface area contributed by atoms with E-state index in [1.54, 1.807) is 20.3 Å². The SMILES string of the molecule is COCc1nc(OC)cc(N2C[C@](C)(CO)[C@](C)(CO)C2)n1. The molecule has 0 unspecified atom stereocenters. The van der Waals surface area contributed by atoms with E-state index in [9.17, 15) is 10.2 Å². The molecule has 124 valence electrons. The van der Waals surface area contributed by atoms with E-state index in [1.165, 1.54) is 0 Å². The third-order valence-electron chi connectivity index (χ3n) is 4.78. The highest BCUT2D eigenvalue weighted by atomic mass is 16.5. The number of hydrogen-bond donors (Lipinski definition) is 2. The number of aromatic nitrogens is 2. The van der Waals surface area contributed by atoms with Gasteiger partial charge in [-0.25, -0.2) is 4.98 Å². The molecule has 2 heterocycles. The van der Waals surface area contributed by atoms with Crippen molar-refractivity contribution in [3.63, 3.8) is 0 Å². The highest BCUT2D eigenvalue weighted by molar-refractivity contribution is 5.45. The van der Waals surface area contributed by atoms with Gasteiger partial charge in [-0.05, 0) is 0 Å². The second kappa shape index (κ2) is 6.36. The molecule has 1 saturated heterocycles. The monoisotopic (exact) mass is 311 g/mol. The summed E-state index contributed by atoms with van der Waals surface area (Å²) < 4.78 is 10.3. The lowest BCUT2D eigenvalue weighted by atomic mass is 9.69. The molecule has 0 amide bonds. The Labute approximate surface area is 130 Å². The molecule has 0 aliphatic carbocycles. The fourth-order valence-electron chi connectivity index (χ4n) is 2.84. The van der Waals surface area contributed by atoms with E-state index in [4.69, 9.17) is 9.47 Å². The Morgan fingerprint density at radius 3 is 2.18 bits per heavy atom. The summed E-state index contributed by atoms with van der Waals surface area (Å²) in [6.07, 6.45) is 0. The third-order valence-corrected chi connectivity index (χ3v) is 4.78. The number of anilines is 1. The highest BCUT2D eigenvalue weighted by Gasteiger charge is 2.51. The van der Waals surface area contributed by atoms with Crippen LogP contribution in [0.3, 0.4) is 0 Å². The summed E-state index contributed by atoms with van der Waals surface area (Å²) in [7, 11) is 3.15. The number of methoxy groups -OCH3 is 2. The molecule has 0 radical (unpaired) electrons. The van der Waals surface area contributed by atoms with Crippen LogP contribution in [0.5, 0.6) is 5.88 Å². The zero-order valence-electron chi connectivity index (χ0n) is 13.7. The van der Waals surface area contributed by atoms with Crippen LogP contribution in [0.25, 0.3) is 0 Å².